The molecule has 0 heterocycles. The number of ether oxygens (including phenoxy) is 1. The third kappa shape index (κ3) is 7.33. The Morgan fingerprint density at radius 1 is 1.14 bits per heavy atom. The molecule has 1 aromatic carbocycles. The Labute approximate surface area is 130 Å². The van der Waals surface area contributed by atoms with Crippen LogP contribution in [0.4, 0.5) is 0 Å². The molecule has 0 saturated carbocycles. The number of unbranched alkanes of at least 4 members (excludes halogenated alkanes) is 3. The normalized spacial score (nSPS) is 12.1. The molecular formula is C19H31NO. The average molecular weight is 289 g/mol. The summed E-state index contributed by atoms with van der Waals surface area (Å²) in [5, 5.41) is 3.58. The quantitative estimate of drug-likeness (QED) is 0.418. The second-order valence-corrected chi connectivity index (χ2v) is 5.47. The summed E-state index contributed by atoms with van der Waals surface area (Å²) in [5.41, 5.74) is 1.35. The van der Waals surface area contributed by atoms with E-state index in [0.717, 1.165) is 38.2 Å². The zero-order chi connectivity index (χ0) is 15.3. The van der Waals surface area contributed by atoms with Crippen molar-refractivity contribution >= 4 is 0 Å². The molecule has 0 aliphatic carbocycles. The minimum absolute atomic E-state index is 0.456. The zero-order valence-corrected chi connectivity index (χ0v) is 13.7. The lowest BCUT2D eigenvalue weighted by molar-refractivity contribution is 0.305. The van der Waals surface area contributed by atoms with Crippen LogP contribution in [-0.4, -0.2) is 13.2 Å². The topological polar surface area (TPSA) is 21.3 Å². The second kappa shape index (κ2) is 11.4. The van der Waals surface area contributed by atoms with Gasteiger partial charge in [-0.2, -0.15) is 0 Å². The average Bonchev–Trinajstić information content (AvgIpc) is 2.53. The highest BCUT2D eigenvalue weighted by atomic mass is 16.5. The van der Waals surface area contributed by atoms with Crippen LogP contribution in [0.1, 0.15) is 64.0 Å². The molecule has 0 saturated heterocycles. The predicted molar refractivity (Wildman–Crippen MR) is 91.9 cm³/mol. The van der Waals surface area contributed by atoms with Crippen molar-refractivity contribution in [3.63, 3.8) is 0 Å². The van der Waals surface area contributed by atoms with Gasteiger partial charge in [0.1, 0.15) is 5.75 Å². The van der Waals surface area contributed by atoms with Crippen molar-refractivity contribution in [3.05, 3.63) is 42.5 Å². The van der Waals surface area contributed by atoms with Crippen molar-refractivity contribution in [2.24, 2.45) is 0 Å². The molecule has 0 aliphatic heterocycles. The van der Waals surface area contributed by atoms with Crippen molar-refractivity contribution in [3.8, 4) is 5.75 Å². The molecule has 118 valence electrons. The third-order valence-corrected chi connectivity index (χ3v) is 3.65. The van der Waals surface area contributed by atoms with Crippen LogP contribution in [-0.2, 0) is 0 Å². The monoisotopic (exact) mass is 289 g/mol. The van der Waals surface area contributed by atoms with Crippen LogP contribution in [0.25, 0.3) is 0 Å². The first-order valence-electron chi connectivity index (χ1n) is 8.38. The summed E-state index contributed by atoms with van der Waals surface area (Å²) in [6.07, 6.45) is 8.92. The Kier molecular flexibility index (Phi) is 9.64. The minimum Gasteiger partial charge on any atom is -0.494 e. The zero-order valence-electron chi connectivity index (χ0n) is 13.7. The number of nitrogens with one attached hydrogen (secondary N) is 1. The highest BCUT2D eigenvalue weighted by Gasteiger charge is 2.07. The van der Waals surface area contributed by atoms with E-state index in [1.807, 2.05) is 6.08 Å². The third-order valence-electron chi connectivity index (χ3n) is 3.65. The van der Waals surface area contributed by atoms with E-state index in [9.17, 15) is 0 Å². The minimum atomic E-state index is 0.456. The molecule has 0 aromatic heterocycles. The first-order valence-corrected chi connectivity index (χ1v) is 8.38. The van der Waals surface area contributed by atoms with Gasteiger partial charge in [-0.05, 0) is 62.8 Å². The standard InChI is InChI=1S/C19H31NO/c1-4-7-8-9-10-16-21-18-13-11-17(12-14-18)19(6-3)20-15-5-2/h4,11-14,19-20H,1,5-10,15-16H2,2-3H3. The number of rotatable bonds is 12. The largest absolute Gasteiger partial charge is 0.494 e. The van der Waals surface area contributed by atoms with Crippen molar-refractivity contribution in [2.75, 3.05) is 13.2 Å². The van der Waals surface area contributed by atoms with Crippen LogP contribution in [0.15, 0.2) is 36.9 Å². The maximum Gasteiger partial charge on any atom is 0.119 e. The Hall–Kier alpha value is -1.28. The SMILES string of the molecule is C=CCCCCCOc1ccc(C(CC)NCCC)cc1. The Morgan fingerprint density at radius 2 is 1.90 bits per heavy atom. The van der Waals surface area contributed by atoms with Gasteiger partial charge < -0.3 is 10.1 Å². The summed E-state index contributed by atoms with van der Waals surface area (Å²) in [7, 11) is 0. The number of benzene rings is 1. The van der Waals surface area contributed by atoms with Gasteiger partial charge in [0.15, 0.2) is 0 Å². The molecule has 1 unspecified atom stereocenters. The molecule has 21 heavy (non-hydrogen) atoms. The van der Waals surface area contributed by atoms with Crippen molar-refractivity contribution < 1.29 is 4.74 Å². The second-order valence-electron chi connectivity index (χ2n) is 5.47. The van der Waals surface area contributed by atoms with Crippen LogP contribution < -0.4 is 10.1 Å². The summed E-state index contributed by atoms with van der Waals surface area (Å²) >= 11 is 0. The van der Waals surface area contributed by atoms with Gasteiger partial charge in [-0.15, -0.1) is 6.58 Å². The molecule has 1 atom stereocenters. The first-order chi connectivity index (χ1) is 10.3. The van der Waals surface area contributed by atoms with Crippen molar-refractivity contribution in [1.82, 2.24) is 5.32 Å². The summed E-state index contributed by atoms with van der Waals surface area (Å²) in [5.74, 6) is 0.979. The van der Waals surface area contributed by atoms with Gasteiger partial charge in [-0.1, -0.05) is 32.1 Å². The molecule has 2 nitrogen and oxygen atoms in total. The van der Waals surface area contributed by atoms with E-state index < -0.39 is 0 Å². The fourth-order valence-corrected chi connectivity index (χ4v) is 2.37. The highest BCUT2D eigenvalue weighted by molar-refractivity contribution is 5.29. The molecular weight excluding hydrogens is 258 g/mol. The number of allylic oxidation sites excluding steroid dienone is 1. The lowest BCUT2D eigenvalue weighted by Crippen LogP contribution is -2.21. The molecule has 0 spiro atoms. The fourth-order valence-electron chi connectivity index (χ4n) is 2.37. The van der Waals surface area contributed by atoms with Gasteiger partial charge in [0.25, 0.3) is 0 Å². The maximum absolute atomic E-state index is 5.79. The molecule has 2 heteroatoms. The van der Waals surface area contributed by atoms with Crippen LogP contribution in [0.5, 0.6) is 5.75 Å². The van der Waals surface area contributed by atoms with Gasteiger partial charge in [-0.25, -0.2) is 0 Å². The van der Waals surface area contributed by atoms with E-state index in [-0.39, 0.29) is 0 Å². The van der Waals surface area contributed by atoms with Crippen molar-refractivity contribution in [1.29, 1.82) is 0 Å². The molecule has 0 fully saturated rings. The van der Waals surface area contributed by atoms with E-state index in [4.69, 9.17) is 4.74 Å². The molecule has 0 bridgehead atoms. The van der Waals surface area contributed by atoms with E-state index in [2.05, 4.69) is 50.0 Å². The van der Waals surface area contributed by atoms with E-state index in [1.165, 1.54) is 24.8 Å². The number of hydrogen-bond donors (Lipinski definition) is 1. The highest BCUT2D eigenvalue weighted by Crippen LogP contribution is 2.20. The van der Waals surface area contributed by atoms with Gasteiger partial charge in [0, 0.05) is 6.04 Å². The Bertz CT molecular complexity index is 372. The molecule has 0 radical (unpaired) electrons. The maximum atomic E-state index is 5.79. The van der Waals surface area contributed by atoms with Gasteiger partial charge >= 0.3 is 0 Å². The smallest absolute Gasteiger partial charge is 0.119 e. The summed E-state index contributed by atoms with van der Waals surface area (Å²) in [6, 6.07) is 9.01. The van der Waals surface area contributed by atoms with Gasteiger partial charge in [0.2, 0.25) is 0 Å². The molecule has 0 aliphatic rings. The summed E-state index contributed by atoms with van der Waals surface area (Å²) in [4.78, 5) is 0. The van der Waals surface area contributed by atoms with E-state index >= 15 is 0 Å². The van der Waals surface area contributed by atoms with Gasteiger partial charge in [-0.3, -0.25) is 0 Å². The molecule has 1 N–H and O–H groups in total. The van der Waals surface area contributed by atoms with Gasteiger partial charge in [0.05, 0.1) is 6.61 Å². The predicted octanol–water partition coefficient (Wildman–Crippen LogP) is 5.26. The van der Waals surface area contributed by atoms with Crippen LogP contribution >= 0.6 is 0 Å². The summed E-state index contributed by atoms with van der Waals surface area (Å²) in [6.45, 7) is 10.0. The molecule has 1 aromatic rings. The van der Waals surface area contributed by atoms with Crippen LogP contribution in [0.2, 0.25) is 0 Å². The lowest BCUT2D eigenvalue weighted by Gasteiger charge is -2.17. The van der Waals surface area contributed by atoms with E-state index in [1.54, 1.807) is 0 Å². The van der Waals surface area contributed by atoms with E-state index in [0.29, 0.717) is 6.04 Å². The number of hydrogen-bond acceptors (Lipinski definition) is 2. The van der Waals surface area contributed by atoms with Crippen molar-refractivity contribution in [2.45, 2.75) is 58.4 Å². The molecule has 1 rings (SSSR count). The van der Waals surface area contributed by atoms with Crippen LogP contribution in [0.3, 0.4) is 0 Å². The lowest BCUT2D eigenvalue weighted by atomic mass is 10.0. The Balaban J connectivity index is 2.33. The Morgan fingerprint density at radius 3 is 2.52 bits per heavy atom. The first kappa shape index (κ1) is 17.8. The fraction of sp³-hybridized carbons (Fsp3) is 0.579. The van der Waals surface area contributed by atoms with Crippen LogP contribution in [0, 0.1) is 0 Å². The molecule has 0 amide bonds. The summed E-state index contributed by atoms with van der Waals surface area (Å²) < 4.78 is 5.79.